The first-order valence-corrected chi connectivity index (χ1v) is 11.6. The molecule has 0 aromatic heterocycles. The first-order valence-electron chi connectivity index (χ1n) is 11.6. The van der Waals surface area contributed by atoms with E-state index < -0.39 is 17.8 Å². The topological polar surface area (TPSA) is 75.7 Å². The monoisotopic (exact) mass is 476 g/mol. The third kappa shape index (κ3) is 4.36. The lowest BCUT2D eigenvalue weighted by Gasteiger charge is -2.28. The summed E-state index contributed by atoms with van der Waals surface area (Å²) in [6, 6.07) is 25.9. The van der Waals surface area contributed by atoms with E-state index in [9.17, 15) is 14.4 Å². The van der Waals surface area contributed by atoms with Crippen molar-refractivity contribution in [3.63, 3.8) is 0 Å². The van der Waals surface area contributed by atoms with Gasteiger partial charge in [0.05, 0.1) is 5.69 Å². The second kappa shape index (κ2) is 9.50. The van der Waals surface area contributed by atoms with Crippen molar-refractivity contribution in [3.05, 3.63) is 113 Å². The number of imide groups is 2. The van der Waals surface area contributed by atoms with Gasteiger partial charge in [0.25, 0.3) is 11.8 Å². The zero-order valence-electron chi connectivity index (χ0n) is 19.9. The van der Waals surface area contributed by atoms with Gasteiger partial charge in [-0.05, 0) is 59.5 Å². The normalized spacial score (nSPS) is 14.9. The van der Waals surface area contributed by atoms with Crippen LogP contribution in [0.15, 0.2) is 90.5 Å². The molecule has 6 nitrogen and oxygen atoms in total. The minimum Gasteiger partial charge on any atom is -0.488 e. The van der Waals surface area contributed by atoms with Crippen LogP contribution in [0.5, 0.6) is 5.75 Å². The Morgan fingerprint density at radius 2 is 1.61 bits per heavy atom. The molecule has 0 atom stereocenters. The number of rotatable bonds is 5. The molecule has 4 aromatic carbocycles. The predicted octanol–water partition coefficient (Wildman–Crippen LogP) is 5.70. The SMILES string of the molecule is Cc1ccc(C)c(N2C(=O)NC(=O)/C(=C\c3c(OCc4ccccc4)ccc4ccccc34)C2=O)c1. The van der Waals surface area contributed by atoms with Crippen LogP contribution in [0.4, 0.5) is 10.5 Å². The van der Waals surface area contributed by atoms with Gasteiger partial charge in [-0.3, -0.25) is 14.9 Å². The Hall–Kier alpha value is -4.71. The van der Waals surface area contributed by atoms with Crippen LogP contribution in [0.1, 0.15) is 22.3 Å². The van der Waals surface area contributed by atoms with E-state index in [2.05, 4.69) is 5.32 Å². The third-order valence-corrected chi connectivity index (χ3v) is 6.16. The highest BCUT2D eigenvalue weighted by Crippen LogP contribution is 2.33. The lowest BCUT2D eigenvalue weighted by molar-refractivity contribution is -0.122. The summed E-state index contributed by atoms with van der Waals surface area (Å²) in [5.74, 6) is -0.895. The largest absolute Gasteiger partial charge is 0.488 e. The maximum Gasteiger partial charge on any atom is 0.335 e. The highest BCUT2D eigenvalue weighted by Gasteiger charge is 2.37. The van der Waals surface area contributed by atoms with E-state index in [1.165, 1.54) is 6.08 Å². The molecule has 1 aliphatic rings. The van der Waals surface area contributed by atoms with Crippen LogP contribution in [-0.4, -0.2) is 17.8 Å². The molecular weight excluding hydrogens is 452 g/mol. The minimum atomic E-state index is -0.769. The van der Waals surface area contributed by atoms with Gasteiger partial charge < -0.3 is 4.74 Å². The van der Waals surface area contributed by atoms with Crippen LogP contribution in [-0.2, 0) is 16.2 Å². The van der Waals surface area contributed by atoms with Gasteiger partial charge in [-0.2, -0.15) is 0 Å². The Kier molecular flexibility index (Phi) is 6.09. The highest BCUT2D eigenvalue weighted by atomic mass is 16.5. The summed E-state index contributed by atoms with van der Waals surface area (Å²) in [6.07, 6.45) is 1.52. The first kappa shape index (κ1) is 23.1. The fourth-order valence-corrected chi connectivity index (χ4v) is 4.27. The molecule has 1 heterocycles. The Balaban J connectivity index is 1.61. The number of hydrogen-bond donors (Lipinski definition) is 1. The average Bonchev–Trinajstić information content (AvgIpc) is 2.88. The first-order chi connectivity index (χ1) is 17.4. The van der Waals surface area contributed by atoms with Crippen LogP contribution < -0.4 is 15.0 Å². The number of nitrogens with zero attached hydrogens (tertiary/aromatic N) is 1. The maximum absolute atomic E-state index is 13.6. The van der Waals surface area contributed by atoms with Crippen molar-refractivity contribution in [2.24, 2.45) is 0 Å². The zero-order chi connectivity index (χ0) is 25.2. The average molecular weight is 477 g/mol. The van der Waals surface area contributed by atoms with E-state index in [1.807, 2.05) is 92.7 Å². The van der Waals surface area contributed by atoms with Gasteiger partial charge in [-0.15, -0.1) is 0 Å². The lowest BCUT2D eigenvalue weighted by atomic mass is 9.99. The molecule has 1 fully saturated rings. The number of hydrogen-bond acceptors (Lipinski definition) is 4. The van der Waals surface area contributed by atoms with E-state index in [1.54, 1.807) is 6.07 Å². The van der Waals surface area contributed by atoms with E-state index in [4.69, 9.17) is 4.74 Å². The number of barbiturate groups is 1. The van der Waals surface area contributed by atoms with Crippen molar-refractivity contribution >= 4 is 40.4 Å². The molecule has 1 N–H and O–H groups in total. The fraction of sp³-hybridized carbons (Fsp3) is 0.100. The molecule has 0 aliphatic carbocycles. The third-order valence-electron chi connectivity index (χ3n) is 6.16. The summed E-state index contributed by atoms with van der Waals surface area (Å²) in [7, 11) is 0. The maximum atomic E-state index is 13.6. The molecule has 178 valence electrons. The summed E-state index contributed by atoms with van der Waals surface area (Å²) in [5, 5.41) is 4.08. The number of anilines is 1. The van der Waals surface area contributed by atoms with Gasteiger partial charge in [-0.1, -0.05) is 72.8 Å². The Morgan fingerprint density at radius 3 is 2.42 bits per heavy atom. The molecule has 0 bridgehead atoms. The van der Waals surface area contributed by atoms with Crippen LogP contribution in [0, 0.1) is 13.8 Å². The van der Waals surface area contributed by atoms with Gasteiger partial charge in [0.2, 0.25) is 0 Å². The van der Waals surface area contributed by atoms with E-state index in [0.717, 1.165) is 32.4 Å². The molecular formula is C30H24N2O4. The molecule has 0 spiro atoms. The summed E-state index contributed by atoms with van der Waals surface area (Å²) in [4.78, 5) is 40.2. The highest BCUT2D eigenvalue weighted by molar-refractivity contribution is 6.39. The fourth-order valence-electron chi connectivity index (χ4n) is 4.27. The Labute approximate surface area is 208 Å². The molecule has 5 rings (SSSR count). The number of benzene rings is 4. The second-order valence-corrected chi connectivity index (χ2v) is 8.72. The summed E-state index contributed by atoms with van der Waals surface area (Å²) in [6.45, 7) is 4.02. The number of ether oxygens (including phenoxy) is 1. The number of carbonyl (C=O) groups is 3. The van der Waals surface area contributed by atoms with Crippen molar-refractivity contribution in [3.8, 4) is 5.75 Å². The minimum absolute atomic E-state index is 0.142. The van der Waals surface area contributed by atoms with Gasteiger partial charge >= 0.3 is 6.03 Å². The van der Waals surface area contributed by atoms with Crippen molar-refractivity contribution in [1.29, 1.82) is 0 Å². The Morgan fingerprint density at radius 1 is 0.861 bits per heavy atom. The quantitative estimate of drug-likeness (QED) is 0.296. The van der Waals surface area contributed by atoms with Crippen LogP contribution in [0.25, 0.3) is 16.8 Å². The smallest absolute Gasteiger partial charge is 0.335 e. The number of urea groups is 1. The number of amides is 4. The van der Waals surface area contributed by atoms with Gasteiger partial charge in [-0.25, -0.2) is 9.69 Å². The summed E-state index contributed by atoms with van der Waals surface area (Å²) < 4.78 is 6.14. The number of aryl methyl sites for hydroxylation is 2. The van der Waals surface area contributed by atoms with Gasteiger partial charge in [0, 0.05) is 5.56 Å². The van der Waals surface area contributed by atoms with Crippen molar-refractivity contribution in [1.82, 2.24) is 5.32 Å². The van der Waals surface area contributed by atoms with Crippen LogP contribution in [0.2, 0.25) is 0 Å². The lowest BCUT2D eigenvalue weighted by Crippen LogP contribution is -2.54. The van der Waals surface area contributed by atoms with Crippen LogP contribution >= 0.6 is 0 Å². The van der Waals surface area contributed by atoms with E-state index in [-0.39, 0.29) is 5.57 Å². The van der Waals surface area contributed by atoms with Gasteiger partial charge in [0.15, 0.2) is 0 Å². The molecule has 1 saturated heterocycles. The molecule has 4 aromatic rings. The van der Waals surface area contributed by atoms with E-state index >= 15 is 0 Å². The van der Waals surface area contributed by atoms with Crippen molar-refractivity contribution < 1.29 is 19.1 Å². The Bertz CT molecular complexity index is 1540. The molecule has 4 amide bonds. The van der Waals surface area contributed by atoms with Crippen molar-refractivity contribution in [2.75, 3.05) is 4.90 Å². The second-order valence-electron chi connectivity index (χ2n) is 8.72. The van der Waals surface area contributed by atoms with Gasteiger partial charge in [0.1, 0.15) is 17.9 Å². The number of carbonyl (C=O) groups excluding carboxylic acids is 3. The van der Waals surface area contributed by atoms with Crippen LogP contribution in [0.3, 0.4) is 0 Å². The molecule has 1 aliphatic heterocycles. The molecule has 6 heteroatoms. The summed E-state index contributed by atoms with van der Waals surface area (Å²) >= 11 is 0. The molecule has 0 unspecified atom stereocenters. The molecule has 0 radical (unpaired) electrons. The zero-order valence-corrected chi connectivity index (χ0v) is 19.9. The number of nitrogens with one attached hydrogen (secondary N) is 1. The van der Waals surface area contributed by atoms with Crippen molar-refractivity contribution in [2.45, 2.75) is 20.5 Å². The standard InChI is InChI=1S/C30H24N2O4/c1-19-12-13-20(2)26(16-19)32-29(34)25(28(33)31-30(32)35)17-24-23-11-7-6-10-22(23)14-15-27(24)36-18-21-8-4-3-5-9-21/h3-17H,18H2,1-2H3,(H,31,33,35)/b25-17+. The predicted molar refractivity (Wildman–Crippen MR) is 140 cm³/mol. The van der Waals surface area contributed by atoms with E-state index in [0.29, 0.717) is 23.6 Å². The summed E-state index contributed by atoms with van der Waals surface area (Å²) in [5.41, 5.74) is 3.52. The number of fused-ring (bicyclic) bond motifs is 1. The molecule has 0 saturated carbocycles. The molecule has 36 heavy (non-hydrogen) atoms.